The molecular weight excluding hydrogens is 444 g/mol. The molecular formula is C27H30N4O4. The summed E-state index contributed by atoms with van der Waals surface area (Å²) in [5.41, 5.74) is 10.3. The number of ether oxygens (including phenoxy) is 2. The summed E-state index contributed by atoms with van der Waals surface area (Å²) in [7, 11) is 3.16. The molecule has 35 heavy (non-hydrogen) atoms. The zero-order chi connectivity index (χ0) is 24.8. The highest BCUT2D eigenvalue weighted by atomic mass is 16.5. The minimum absolute atomic E-state index is 0.0246. The Kier molecular flexibility index (Phi) is 7.50. The molecule has 1 aliphatic heterocycles. The van der Waals surface area contributed by atoms with Gasteiger partial charge in [-0.3, -0.25) is 14.6 Å². The van der Waals surface area contributed by atoms with Crippen molar-refractivity contribution in [2.24, 2.45) is 0 Å². The molecule has 0 saturated carbocycles. The van der Waals surface area contributed by atoms with E-state index in [2.05, 4.69) is 10.3 Å². The third kappa shape index (κ3) is 5.21. The molecule has 0 saturated heterocycles. The molecule has 0 atom stereocenters. The minimum atomic E-state index is -0.0622. The highest BCUT2D eigenvalue weighted by Gasteiger charge is 2.33. The average molecular weight is 475 g/mol. The van der Waals surface area contributed by atoms with Gasteiger partial charge in [0.2, 0.25) is 5.91 Å². The number of benzene rings is 2. The molecule has 0 aliphatic carbocycles. The van der Waals surface area contributed by atoms with Crippen molar-refractivity contribution in [3.8, 4) is 22.6 Å². The van der Waals surface area contributed by atoms with Crippen LogP contribution in [0, 0.1) is 0 Å². The number of nitrogens with zero attached hydrogens (tertiary/aromatic N) is 2. The first-order valence-corrected chi connectivity index (χ1v) is 11.6. The number of fused-ring (bicyclic) bond motifs is 1. The number of para-hydroxylation sites is 2. The lowest BCUT2D eigenvalue weighted by atomic mass is 9.96. The summed E-state index contributed by atoms with van der Waals surface area (Å²) >= 11 is 0. The summed E-state index contributed by atoms with van der Waals surface area (Å²) in [6.45, 7) is 1.10. The second-order valence-electron chi connectivity index (χ2n) is 8.43. The fourth-order valence-electron chi connectivity index (χ4n) is 4.41. The van der Waals surface area contributed by atoms with Gasteiger partial charge in [-0.1, -0.05) is 24.6 Å². The van der Waals surface area contributed by atoms with E-state index in [9.17, 15) is 9.59 Å². The molecule has 1 aromatic heterocycles. The summed E-state index contributed by atoms with van der Waals surface area (Å²) in [6, 6.07) is 12.8. The summed E-state index contributed by atoms with van der Waals surface area (Å²) in [5.74, 6) is 1.03. The number of unbranched alkanes of at least 4 members (excludes halogenated alkanes) is 2. The normalized spacial score (nSPS) is 12.4. The number of anilines is 2. The molecule has 3 aromatic rings. The molecule has 2 aromatic carbocycles. The van der Waals surface area contributed by atoms with Crippen LogP contribution in [0.4, 0.5) is 11.4 Å². The zero-order valence-electron chi connectivity index (χ0n) is 20.0. The highest BCUT2D eigenvalue weighted by molar-refractivity contribution is 6.02. The van der Waals surface area contributed by atoms with Crippen molar-refractivity contribution >= 4 is 23.2 Å². The van der Waals surface area contributed by atoms with Crippen molar-refractivity contribution in [2.45, 2.75) is 32.2 Å². The maximum atomic E-state index is 13.2. The van der Waals surface area contributed by atoms with Crippen molar-refractivity contribution in [2.75, 3.05) is 31.8 Å². The maximum absolute atomic E-state index is 13.2. The van der Waals surface area contributed by atoms with E-state index in [0.29, 0.717) is 47.9 Å². The Hall–Kier alpha value is -4.07. The Morgan fingerprint density at radius 1 is 1.11 bits per heavy atom. The van der Waals surface area contributed by atoms with E-state index in [4.69, 9.17) is 15.2 Å². The molecule has 1 aliphatic rings. The number of nitrogens with two attached hydrogens (primary N) is 1. The lowest BCUT2D eigenvalue weighted by Gasteiger charge is -2.17. The molecule has 2 amide bonds. The number of aromatic nitrogens is 1. The fraction of sp³-hybridized carbons (Fsp3) is 0.296. The Labute approximate surface area is 205 Å². The van der Waals surface area contributed by atoms with Gasteiger partial charge in [0.15, 0.2) is 11.5 Å². The minimum Gasteiger partial charge on any atom is -0.493 e. The van der Waals surface area contributed by atoms with Crippen LogP contribution in [-0.2, 0) is 11.3 Å². The molecule has 4 rings (SSSR count). The Morgan fingerprint density at radius 2 is 1.94 bits per heavy atom. The van der Waals surface area contributed by atoms with Gasteiger partial charge < -0.3 is 25.4 Å². The molecule has 0 radical (unpaired) electrons. The predicted molar refractivity (Wildman–Crippen MR) is 135 cm³/mol. The van der Waals surface area contributed by atoms with Gasteiger partial charge in [0.1, 0.15) is 0 Å². The molecule has 0 unspecified atom stereocenters. The predicted octanol–water partition coefficient (Wildman–Crippen LogP) is 4.50. The van der Waals surface area contributed by atoms with Gasteiger partial charge in [0.05, 0.1) is 25.6 Å². The number of nitrogen functional groups attached to an aromatic ring is 1. The number of hydrogen-bond acceptors (Lipinski definition) is 6. The lowest BCUT2D eigenvalue weighted by Crippen LogP contribution is -2.25. The van der Waals surface area contributed by atoms with Gasteiger partial charge in [0, 0.05) is 48.6 Å². The van der Waals surface area contributed by atoms with Crippen molar-refractivity contribution in [1.82, 2.24) is 9.88 Å². The molecule has 3 N–H and O–H groups in total. The van der Waals surface area contributed by atoms with Crippen LogP contribution in [0.2, 0.25) is 0 Å². The molecule has 8 nitrogen and oxygen atoms in total. The monoisotopic (exact) mass is 474 g/mol. The van der Waals surface area contributed by atoms with Crippen LogP contribution in [0.3, 0.4) is 0 Å². The third-order valence-corrected chi connectivity index (χ3v) is 6.16. The molecule has 8 heteroatoms. The van der Waals surface area contributed by atoms with Crippen LogP contribution in [0.15, 0.2) is 54.9 Å². The smallest absolute Gasteiger partial charge is 0.254 e. The fourth-order valence-corrected chi connectivity index (χ4v) is 4.41. The van der Waals surface area contributed by atoms with E-state index in [1.807, 2.05) is 29.2 Å². The lowest BCUT2D eigenvalue weighted by molar-refractivity contribution is -0.116. The number of rotatable bonds is 10. The summed E-state index contributed by atoms with van der Waals surface area (Å²) in [4.78, 5) is 31.5. The van der Waals surface area contributed by atoms with E-state index in [1.165, 1.54) is 0 Å². The van der Waals surface area contributed by atoms with Crippen LogP contribution in [-0.4, -0.2) is 42.5 Å². The topological polar surface area (TPSA) is 107 Å². The largest absolute Gasteiger partial charge is 0.493 e. The summed E-state index contributed by atoms with van der Waals surface area (Å²) in [6.07, 6.45) is 6.25. The Bertz CT molecular complexity index is 1210. The summed E-state index contributed by atoms with van der Waals surface area (Å²) in [5, 5.41) is 2.85. The number of nitrogens with one attached hydrogen (secondary N) is 1. The number of carbonyl (C=O) groups is 2. The first-order chi connectivity index (χ1) is 17.0. The standard InChI is InChI=1S/C27H30N4O4/c1-34-23-15-19-20(25(26(23)35-2)18-9-8-13-29-16-18)17-31(27(19)33)14-7-3-4-12-24(32)30-22-11-6-5-10-21(22)28/h5-6,8-11,13,15-16H,3-4,7,12,14,17,28H2,1-2H3,(H,30,32). The van der Waals surface area contributed by atoms with Gasteiger partial charge >= 0.3 is 0 Å². The van der Waals surface area contributed by atoms with Crippen LogP contribution in [0.1, 0.15) is 41.6 Å². The first kappa shape index (κ1) is 24.1. The number of pyridine rings is 1. The summed E-state index contributed by atoms with van der Waals surface area (Å²) < 4.78 is 11.2. The van der Waals surface area contributed by atoms with E-state index in [-0.39, 0.29) is 11.8 Å². The third-order valence-electron chi connectivity index (χ3n) is 6.16. The van der Waals surface area contributed by atoms with Gasteiger partial charge in [-0.2, -0.15) is 0 Å². The van der Waals surface area contributed by atoms with Crippen molar-refractivity contribution in [3.63, 3.8) is 0 Å². The quantitative estimate of drug-likeness (QED) is 0.331. The van der Waals surface area contributed by atoms with Crippen molar-refractivity contribution in [3.05, 3.63) is 66.0 Å². The van der Waals surface area contributed by atoms with Gasteiger partial charge in [-0.05, 0) is 42.7 Å². The van der Waals surface area contributed by atoms with Crippen molar-refractivity contribution in [1.29, 1.82) is 0 Å². The van der Waals surface area contributed by atoms with E-state index >= 15 is 0 Å². The Morgan fingerprint density at radius 3 is 2.66 bits per heavy atom. The molecule has 182 valence electrons. The zero-order valence-corrected chi connectivity index (χ0v) is 20.0. The van der Waals surface area contributed by atoms with Crippen LogP contribution in [0.25, 0.3) is 11.1 Å². The average Bonchev–Trinajstić information content (AvgIpc) is 3.19. The SMILES string of the molecule is COc1cc2c(c(-c3cccnc3)c1OC)CN(CCCCCC(=O)Nc1ccccc1N)C2=O. The number of methoxy groups -OCH3 is 2. The van der Waals surface area contributed by atoms with Gasteiger partial charge in [0.25, 0.3) is 5.91 Å². The van der Waals surface area contributed by atoms with E-state index in [1.54, 1.807) is 44.8 Å². The van der Waals surface area contributed by atoms with Gasteiger partial charge in [-0.25, -0.2) is 0 Å². The number of amides is 2. The molecule has 0 fully saturated rings. The van der Waals surface area contributed by atoms with Crippen LogP contribution >= 0.6 is 0 Å². The molecule has 0 spiro atoms. The van der Waals surface area contributed by atoms with Crippen molar-refractivity contribution < 1.29 is 19.1 Å². The maximum Gasteiger partial charge on any atom is 0.254 e. The second kappa shape index (κ2) is 10.9. The van der Waals surface area contributed by atoms with Crippen LogP contribution in [0.5, 0.6) is 11.5 Å². The number of hydrogen-bond donors (Lipinski definition) is 2. The van der Waals surface area contributed by atoms with E-state index < -0.39 is 0 Å². The number of carbonyl (C=O) groups excluding carboxylic acids is 2. The Balaban J connectivity index is 1.37. The van der Waals surface area contributed by atoms with Gasteiger partial charge in [-0.15, -0.1) is 0 Å². The molecule has 2 heterocycles. The molecule has 0 bridgehead atoms. The second-order valence-corrected chi connectivity index (χ2v) is 8.43. The van der Waals surface area contributed by atoms with E-state index in [0.717, 1.165) is 36.0 Å². The highest BCUT2D eigenvalue weighted by Crippen LogP contribution is 2.45. The van der Waals surface area contributed by atoms with Crippen LogP contribution < -0.4 is 20.5 Å². The first-order valence-electron chi connectivity index (χ1n) is 11.6.